The summed E-state index contributed by atoms with van der Waals surface area (Å²) in [7, 11) is 0. The first-order valence-electron chi connectivity index (χ1n) is 8.48. The molecule has 140 valence electrons. The molecular weight excluding hydrogens is 344 g/mol. The number of ether oxygens (including phenoxy) is 1. The number of allylic oxidation sites excluding steroid dienone is 1. The number of benzene rings is 2. The van der Waals surface area contributed by atoms with E-state index in [0.29, 0.717) is 12.8 Å². The SMILES string of the molecule is C=C(COCC(C(=O)O)=C(Cc1ccccc1)Cc1ccccc1)C(=O)O. The van der Waals surface area contributed by atoms with Crippen molar-refractivity contribution in [3.63, 3.8) is 0 Å². The average Bonchev–Trinajstić information content (AvgIpc) is 2.66. The maximum Gasteiger partial charge on any atom is 0.333 e. The molecule has 0 aliphatic carbocycles. The number of carbonyl (C=O) groups is 2. The van der Waals surface area contributed by atoms with E-state index in [4.69, 9.17) is 9.84 Å². The molecule has 0 aliphatic rings. The summed E-state index contributed by atoms with van der Waals surface area (Å²) < 4.78 is 5.32. The van der Waals surface area contributed by atoms with Gasteiger partial charge in [-0.05, 0) is 29.5 Å². The summed E-state index contributed by atoms with van der Waals surface area (Å²) in [6.45, 7) is 2.98. The van der Waals surface area contributed by atoms with Gasteiger partial charge in [-0.1, -0.05) is 67.2 Å². The Morgan fingerprint density at radius 1 is 0.778 bits per heavy atom. The molecule has 0 spiro atoms. The van der Waals surface area contributed by atoms with Crippen molar-refractivity contribution in [3.05, 3.63) is 95.1 Å². The molecule has 0 atom stereocenters. The minimum absolute atomic E-state index is 0.118. The number of hydrogen-bond donors (Lipinski definition) is 2. The molecule has 0 heterocycles. The van der Waals surface area contributed by atoms with Gasteiger partial charge in [-0.3, -0.25) is 0 Å². The van der Waals surface area contributed by atoms with Gasteiger partial charge in [-0.15, -0.1) is 0 Å². The van der Waals surface area contributed by atoms with E-state index in [1.165, 1.54) is 0 Å². The zero-order valence-electron chi connectivity index (χ0n) is 14.9. The number of hydrogen-bond acceptors (Lipinski definition) is 3. The number of aliphatic carboxylic acids is 2. The molecule has 0 saturated carbocycles. The van der Waals surface area contributed by atoms with E-state index in [1.54, 1.807) is 0 Å². The van der Waals surface area contributed by atoms with Gasteiger partial charge in [-0.2, -0.15) is 0 Å². The predicted octanol–water partition coefficient (Wildman–Crippen LogP) is 3.51. The monoisotopic (exact) mass is 366 g/mol. The fourth-order valence-electron chi connectivity index (χ4n) is 2.61. The van der Waals surface area contributed by atoms with Crippen molar-refractivity contribution in [1.82, 2.24) is 0 Å². The van der Waals surface area contributed by atoms with Gasteiger partial charge in [0.2, 0.25) is 0 Å². The number of carboxylic acids is 2. The van der Waals surface area contributed by atoms with Gasteiger partial charge in [0.1, 0.15) is 0 Å². The zero-order chi connectivity index (χ0) is 19.6. The summed E-state index contributed by atoms with van der Waals surface area (Å²) in [5, 5.41) is 18.5. The predicted molar refractivity (Wildman–Crippen MR) is 103 cm³/mol. The minimum atomic E-state index is -1.16. The summed E-state index contributed by atoms with van der Waals surface area (Å²) >= 11 is 0. The average molecular weight is 366 g/mol. The van der Waals surface area contributed by atoms with Gasteiger partial charge in [0, 0.05) is 0 Å². The standard InChI is InChI=1S/C22H22O5/c1-16(21(23)24)14-27-15-20(22(25)26)19(12-17-8-4-2-5-9-17)13-18-10-6-3-7-11-18/h2-11H,1,12-15H2,(H,23,24)(H,25,26). The summed E-state index contributed by atoms with van der Waals surface area (Å²) in [6.07, 6.45) is 0.946. The highest BCUT2D eigenvalue weighted by Crippen LogP contribution is 2.19. The van der Waals surface area contributed by atoms with Crippen molar-refractivity contribution in [2.75, 3.05) is 13.2 Å². The number of rotatable bonds is 10. The van der Waals surface area contributed by atoms with Crippen LogP contribution in [0.2, 0.25) is 0 Å². The van der Waals surface area contributed by atoms with Crippen LogP contribution in [0.25, 0.3) is 0 Å². The molecule has 0 aliphatic heterocycles. The Labute approximate surface area is 158 Å². The van der Waals surface area contributed by atoms with Crippen LogP contribution in [0.15, 0.2) is 84.0 Å². The van der Waals surface area contributed by atoms with Crippen LogP contribution in [-0.4, -0.2) is 35.4 Å². The molecule has 2 N–H and O–H groups in total. The highest BCUT2D eigenvalue weighted by molar-refractivity contribution is 5.88. The van der Waals surface area contributed by atoms with E-state index in [9.17, 15) is 14.7 Å². The Hall–Kier alpha value is -3.18. The zero-order valence-corrected chi connectivity index (χ0v) is 14.9. The van der Waals surface area contributed by atoms with Gasteiger partial charge < -0.3 is 14.9 Å². The lowest BCUT2D eigenvalue weighted by Gasteiger charge is -2.14. The van der Waals surface area contributed by atoms with E-state index in [1.807, 2.05) is 60.7 Å². The second-order valence-electron chi connectivity index (χ2n) is 6.11. The van der Waals surface area contributed by atoms with Gasteiger partial charge >= 0.3 is 11.9 Å². The highest BCUT2D eigenvalue weighted by atomic mass is 16.5. The second kappa shape index (κ2) is 10.1. The molecule has 5 heteroatoms. The van der Waals surface area contributed by atoms with Crippen LogP contribution < -0.4 is 0 Å². The third kappa shape index (κ3) is 6.56. The Morgan fingerprint density at radius 2 is 1.26 bits per heavy atom. The Balaban J connectivity index is 2.27. The minimum Gasteiger partial charge on any atom is -0.478 e. The van der Waals surface area contributed by atoms with Crippen molar-refractivity contribution in [2.24, 2.45) is 0 Å². The molecule has 27 heavy (non-hydrogen) atoms. The Morgan fingerprint density at radius 3 is 1.67 bits per heavy atom. The van der Waals surface area contributed by atoms with Crippen molar-refractivity contribution in [1.29, 1.82) is 0 Å². The smallest absolute Gasteiger partial charge is 0.333 e. The summed E-state index contributed by atoms with van der Waals surface area (Å²) in [4.78, 5) is 22.7. The van der Waals surface area contributed by atoms with Crippen LogP contribution in [0.1, 0.15) is 11.1 Å². The summed E-state index contributed by atoms with van der Waals surface area (Å²) in [5.41, 5.74) is 2.74. The van der Waals surface area contributed by atoms with E-state index in [0.717, 1.165) is 16.7 Å². The first-order valence-corrected chi connectivity index (χ1v) is 8.48. The van der Waals surface area contributed by atoms with Crippen LogP contribution in [0, 0.1) is 0 Å². The molecule has 5 nitrogen and oxygen atoms in total. The largest absolute Gasteiger partial charge is 0.478 e. The van der Waals surface area contributed by atoms with Crippen LogP contribution >= 0.6 is 0 Å². The fourth-order valence-corrected chi connectivity index (χ4v) is 2.61. The lowest BCUT2D eigenvalue weighted by Crippen LogP contribution is -2.16. The van der Waals surface area contributed by atoms with Crippen molar-refractivity contribution in [3.8, 4) is 0 Å². The normalized spacial score (nSPS) is 10.2. The lowest BCUT2D eigenvalue weighted by atomic mass is 9.94. The van der Waals surface area contributed by atoms with Gasteiger partial charge in [0.05, 0.1) is 24.4 Å². The molecule has 0 fully saturated rings. The molecule has 0 amide bonds. The Kier molecular flexibility index (Phi) is 7.52. The first-order chi connectivity index (χ1) is 13.0. The van der Waals surface area contributed by atoms with E-state index in [2.05, 4.69) is 6.58 Å². The lowest BCUT2D eigenvalue weighted by molar-refractivity contribution is -0.133. The molecule has 0 bridgehead atoms. The second-order valence-corrected chi connectivity index (χ2v) is 6.11. The number of carboxylic acid groups (broad SMARTS) is 2. The van der Waals surface area contributed by atoms with Gasteiger partial charge in [-0.25, -0.2) is 9.59 Å². The third-order valence-electron chi connectivity index (χ3n) is 4.03. The molecule has 0 saturated heterocycles. The summed E-state index contributed by atoms with van der Waals surface area (Å²) in [5.74, 6) is -2.23. The van der Waals surface area contributed by atoms with Crippen LogP contribution in [-0.2, 0) is 27.2 Å². The molecule has 0 aromatic heterocycles. The van der Waals surface area contributed by atoms with Crippen LogP contribution in [0.5, 0.6) is 0 Å². The molecular formula is C22H22O5. The molecule has 2 aromatic carbocycles. The van der Waals surface area contributed by atoms with E-state index in [-0.39, 0.29) is 24.4 Å². The van der Waals surface area contributed by atoms with Gasteiger partial charge in [0.15, 0.2) is 0 Å². The highest BCUT2D eigenvalue weighted by Gasteiger charge is 2.17. The Bertz CT molecular complexity index is 779. The van der Waals surface area contributed by atoms with E-state index < -0.39 is 11.9 Å². The van der Waals surface area contributed by atoms with E-state index >= 15 is 0 Å². The van der Waals surface area contributed by atoms with Crippen LogP contribution in [0.4, 0.5) is 0 Å². The van der Waals surface area contributed by atoms with Gasteiger partial charge in [0.25, 0.3) is 0 Å². The topological polar surface area (TPSA) is 83.8 Å². The van der Waals surface area contributed by atoms with Crippen LogP contribution in [0.3, 0.4) is 0 Å². The van der Waals surface area contributed by atoms with Crippen molar-refractivity contribution in [2.45, 2.75) is 12.8 Å². The molecule has 2 aromatic rings. The third-order valence-corrected chi connectivity index (χ3v) is 4.03. The fraction of sp³-hybridized carbons (Fsp3) is 0.182. The van der Waals surface area contributed by atoms with Crippen molar-refractivity contribution < 1.29 is 24.5 Å². The molecule has 0 radical (unpaired) electrons. The molecule has 0 unspecified atom stereocenters. The first kappa shape index (κ1) is 20.1. The maximum absolute atomic E-state index is 11.9. The summed E-state index contributed by atoms with van der Waals surface area (Å²) in [6, 6.07) is 19.2. The van der Waals surface area contributed by atoms with Crippen molar-refractivity contribution >= 4 is 11.9 Å². The maximum atomic E-state index is 11.9. The quantitative estimate of drug-likeness (QED) is 0.629. The molecule has 2 rings (SSSR count).